The number of benzene rings is 4. The predicted molar refractivity (Wildman–Crippen MR) is 191 cm³/mol. The molecule has 1 aliphatic rings. The van der Waals surface area contributed by atoms with Gasteiger partial charge >= 0.3 is 0 Å². The van der Waals surface area contributed by atoms with Gasteiger partial charge in [-0.25, -0.2) is 0 Å². The lowest BCUT2D eigenvalue weighted by atomic mass is 9.74. The van der Waals surface area contributed by atoms with Crippen LogP contribution in [-0.4, -0.2) is 31.8 Å². The highest BCUT2D eigenvalue weighted by molar-refractivity contribution is 6.99. The van der Waals surface area contributed by atoms with Crippen molar-refractivity contribution in [3.8, 4) is 0 Å². The summed E-state index contributed by atoms with van der Waals surface area (Å²) in [5.74, 6) is 0.197. The van der Waals surface area contributed by atoms with Gasteiger partial charge in [-0.1, -0.05) is 143 Å². The zero-order valence-corrected chi connectivity index (χ0v) is 29.6. The molecule has 0 spiro atoms. The first-order valence-electron chi connectivity index (χ1n) is 16.2. The third-order valence-corrected chi connectivity index (χ3v) is 15.1. The topological polar surface area (TPSA) is 29.5 Å². The van der Waals surface area contributed by atoms with Crippen LogP contribution < -0.4 is 10.4 Å². The molecule has 4 atom stereocenters. The van der Waals surface area contributed by atoms with Gasteiger partial charge in [-0.2, -0.15) is 0 Å². The molecule has 6 heteroatoms. The molecule has 3 nitrogen and oxygen atoms in total. The van der Waals surface area contributed by atoms with Crippen LogP contribution in [0.25, 0.3) is 0 Å². The number of hydrogen-bond acceptors (Lipinski definition) is 2. The number of carbonyl (C=O) groups excluding carboxylic acids is 1. The minimum absolute atomic E-state index is 0.0782. The van der Waals surface area contributed by atoms with Crippen LogP contribution in [0.15, 0.2) is 109 Å². The Hall–Kier alpha value is -2.89. The molecule has 236 valence electrons. The number of nitrogens with zero attached hydrogens (tertiary/aromatic N) is 1. The lowest BCUT2D eigenvalue weighted by molar-refractivity contribution is -0.148. The summed E-state index contributed by atoms with van der Waals surface area (Å²) in [4.78, 5) is 16.7. The van der Waals surface area contributed by atoms with Crippen molar-refractivity contribution in [2.24, 2.45) is 5.92 Å². The zero-order chi connectivity index (χ0) is 32.2. The van der Waals surface area contributed by atoms with Crippen LogP contribution in [0.5, 0.6) is 0 Å². The van der Waals surface area contributed by atoms with Crippen LogP contribution in [-0.2, 0) is 9.22 Å². The van der Waals surface area contributed by atoms with Gasteiger partial charge in [0.25, 0.3) is 8.32 Å². The number of carbonyl (C=O) groups is 1. The first-order chi connectivity index (χ1) is 21.6. The second kappa shape index (κ2) is 14.3. The summed E-state index contributed by atoms with van der Waals surface area (Å²) in [5.41, 5.74) is 2.23. The van der Waals surface area contributed by atoms with Gasteiger partial charge in [0.15, 0.2) is 0 Å². The summed E-state index contributed by atoms with van der Waals surface area (Å²) in [7, 11) is -2.81. The molecule has 0 aliphatic carbocycles. The second-order valence-electron chi connectivity index (χ2n) is 13.3. The van der Waals surface area contributed by atoms with Crippen LogP contribution in [0.4, 0.5) is 0 Å². The number of piperidine rings is 1. The van der Waals surface area contributed by atoms with Crippen molar-refractivity contribution >= 4 is 47.8 Å². The molecule has 45 heavy (non-hydrogen) atoms. The summed E-state index contributed by atoms with van der Waals surface area (Å²) in [6.07, 6.45) is 2.32. The fourth-order valence-electron chi connectivity index (χ4n) is 7.31. The van der Waals surface area contributed by atoms with E-state index in [-0.39, 0.29) is 34.9 Å². The van der Waals surface area contributed by atoms with Gasteiger partial charge in [0, 0.05) is 21.9 Å². The first-order valence-corrected chi connectivity index (χ1v) is 18.8. The SMILES string of the molecule is CCC1CC(c2cccc(Cl)c2)[C@@H](c2ccc(Cl)cc2)N([C@@H](CC)CO[Si](c2ccccc2)(c2ccccc2)C(C)(C)C)C1=O. The van der Waals surface area contributed by atoms with Crippen molar-refractivity contribution < 1.29 is 9.22 Å². The number of amides is 1. The van der Waals surface area contributed by atoms with Crippen molar-refractivity contribution in [3.05, 3.63) is 130 Å². The Labute approximate surface area is 280 Å². The quantitative estimate of drug-likeness (QED) is 0.159. The Morgan fingerprint density at radius 3 is 1.91 bits per heavy atom. The maximum absolute atomic E-state index is 14.5. The highest BCUT2D eigenvalue weighted by Crippen LogP contribution is 2.48. The van der Waals surface area contributed by atoms with E-state index in [1.54, 1.807) is 0 Å². The maximum Gasteiger partial charge on any atom is 0.261 e. The summed E-state index contributed by atoms with van der Waals surface area (Å²) in [5, 5.41) is 3.70. The maximum atomic E-state index is 14.5. The molecule has 0 bridgehead atoms. The molecular weight excluding hydrogens is 613 g/mol. The molecule has 0 radical (unpaired) electrons. The molecule has 1 aliphatic heterocycles. The van der Waals surface area contributed by atoms with E-state index in [1.165, 1.54) is 10.4 Å². The molecule has 4 aromatic rings. The Balaban J connectivity index is 1.62. The van der Waals surface area contributed by atoms with Gasteiger partial charge in [-0.3, -0.25) is 4.79 Å². The highest BCUT2D eigenvalue weighted by atomic mass is 35.5. The van der Waals surface area contributed by atoms with Crippen molar-refractivity contribution in [1.82, 2.24) is 4.90 Å². The third-order valence-electron chi connectivity index (χ3n) is 9.58. The van der Waals surface area contributed by atoms with Crippen LogP contribution in [0.3, 0.4) is 0 Å². The molecule has 4 aromatic carbocycles. The van der Waals surface area contributed by atoms with Crippen LogP contribution in [0.1, 0.15) is 77.0 Å². The van der Waals surface area contributed by atoms with Gasteiger partial charge in [0.05, 0.1) is 18.7 Å². The molecular formula is C39H45Cl2NO2Si. The van der Waals surface area contributed by atoms with E-state index in [0.29, 0.717) is 16.7 Å². The van der Waals surface area contributed by atoms with Gasteiger partial charge in [0.2, 0.25) is 5.91 Å². The minimum atomic E-state index is -2.81. The average Bonchev–Trinajstić information content (AvgIpc) is 3.04. The minimum Gasteiger partial charge on any atom is -0.405 e. The highest BCUT2D eigenvalue weighted by Gasteiger charge is 2.51. The molecule has 1 saturated heterocycles. The lowest BCUT2D eigenvalue weighted by Gasteiger charge is -2.50. The van der Waals surface area contributed by atoms with E-state index < -0.39 is 8.32 Å². The summed E-state index contributed by atoms with van der Waals surface area (Å²) >= 11 is 12.9. The van der Waals surface area contributed by atoms with Gasteiger partial charge in [-0.05, 0) is 70.1 Å². The largest absolute Gasteiger partial charge is 0.405 e. The predicted octanol–water partition coefficient (Wildman–Crippen LogP) is 9.43. The van der Waals surface area contributed by atoms with Gasteiger partial charge in [0.1, 0.15) is 0 Å². The van der Waals surface area contributed by atoms with Crippen LogP contribution in [0, 0.1) is 5.92 Å². The van der Waals surface area contributed by atoms with Gasteiger partial charge < -0.3 is 9.33 Å². The van der Waals surface area contributed by atoms with E-state index in [2.05, 4.69) is 124 Å². The Kier molecular flexibility index (Phi) is 10.6. The normalized spacial score (nSPS) is 19.8. The number of likely N-dealkylation sites (tertiary alicyclic amines) is 1. The summed E-state index contributed by atoms with van der Waals surface area (Å²) in [6, 6.07) is 37.3. The Bertz CT molecular complexity index is 1520. The first kappa shape index (κ1) is 33.5. The molecule has 0 aromatic heterocycles. The number of halogens is 2. The molecule has 1 fully saturated rings. The Morgan fingerprint density at radius 2 is 1.40 bits per heavy atom. The fourth-order valence-corrected chi connectivity index (χ4v) is 12.2. The van der Waals surface area contributed by atoms with E-state index in [9.17, 15) is 4.79 Å². The van der Waals surface area contributed by atoms with Crippen molar-refractivity contribution in [2.45, 2.75) is 76.9 Å². The standard InChI is InChI=1S/C39H45Cl2NO2Si/c1-6-28-26-36(30-15-14-16-32(41)25-30)37(29-21-23-31(40)24-22-29)42(38(28)43)33(7-2)27-44-45(39(3,4)5,34-17-10-8-11-18-34)35-19-12-9-13-20-35/h8-25,28,33,36-37H,6-7,26-27H2,1-5H3/t28?,33-,36?,37+/m0/s1. The smallest absolute Gasteiger partial charge is 0.261 e. The van der Waals surface area contributed by atoms with E-state index in [4.69, 9.17) is 27.6 Å². The second-order valence-corrected chi connectivity index (χ2v) is 18.5. The fraction of sp³-hybridized carbons (Fsp3) is 0.359. The monoisotopic (exact) mass is 657 g/mol. The zero-order valence-electron chi connectivity index (χ0n) is 27.0. The molecule has 5 rings (SSSR count). The van der Waals surface area contributed by atoms with Crippen molar-refractivity contribution in [3.63, 3.8) is 0 Å². The van der Waals surface area contributed by atoms with Crippen molar-refractivity contribution in [1.29, 1.82) is 0 Å². The van der Waals surface area contributed by atoms with Crippen LogP contribution in [0.2, 0.25) is 15.1 Å². The Morgan fingerprint density at radius 1 is 0.800 bits per heavy atom. The molecule has 1 heterocycles. The van der Waals surface area contributed by atoms with E-state index >= 15 is 0 Å². The van der Waals surface area contributed by atoms with E-state index in [0.717, 1.165) is 30.4 Å². The molecule has 0 N–H and O–H groups in total. The number of rotatable bonds is 10. The third kappa shape index (κ3) is 6.81. The molecule has 1 amide bonds. The summed E-state index contributed by atoms with van der Waals surface area (Å²) < 4.78 is 7.46. The lowest BCUT2D eigenvalue weighted by Crippen LogP contribution is -2.67. The van der Waals surface area contributed by atoms with Crippen LogP contribution >= 0.6 is 23.2 Å². The number of hydrogen-bond donors (Lipinski definition) is 0. The van der Waals surface area contributed by atoms with E-state index in [1.807, 2.05) is 24.3 Å². The molecule has 2 unspecified atom stereocenters. The average molecular weight is 659 g/mol. The van der Waals surface area contributed by atoms with Gasteiger partial charge in [-0.15, -0.1) is 0 Å². The van der Waals surface area contributed by atoms with Crippen molar-refractivity contribution in [2.75, 3.05) is 6.61 Å². The molecule has 0 saturated carbocycles. The summed E-state index contributed by atoms with van der Waals surface area (Å²) in [6.45, 7) is 11.6.